The van der Waals surface area contributed by atoms with Crippen molar-refractivity contribution in [2.45, 2.75) is 44.2 Å². The second-order valence-corrected chi connectivity index (χ2v) is 11.7. The summed E-state index contributed by atoms with van der Waals surface area (Å²) < 4.78 is 5.67. The molecule has 5 heterocycles. The first-order chi connectivity index (χ1) is 19.8. The maximum absolute atomic E-state index is 13.9. The van der Waals surface area contributed by atoms with Gasteiger partial charge in [-0.1, -0.05) is 30.3 Å². The fourth-order valence-corrected chi connectivity index (χ4v) is 6.78. The molecule has 4 aromatic rings. The van der Waals surface area contributed by atoms with Crippen LogP contribution in [0.2, 0.25) is 0 Å². The molecule has 1 aromatic carbocycles. The predicted molar refractivity (Wildman–Crippen MR) is 155 cm³/mol. The van der Waals surface area contributed by atoms with Crippen LogP contribution in [-0.2, 0) is 11.3 Å². The zero-order valence-corrected chi connectivity index (χ0v) is 23.7. The van der Waals surface area contributed by atoms with Gasteiger partial charge < -0.3 is 14.9 Å². The monoisotopic (exact) mass is 572 g/mol. The second-order valence-electron chi connectivity index (χ2n) is 11.1. The first kappa shape index (κ1) is 27.2. The van der Waals surface area contributed by atoms with Gasteiger partial charge in [0.05, 0.1) is 35.2 Å². The molecule has 2 aliphatic heterocycles. The van der Waals surface area contributed by atoms with Crippen molar-refractivity contribution in [3.8, 4) is 0 Å². The minimum absolute atomic E-state index is 0.0419. The lowest BCUT2D eigenvalue weighted by molar-refractivity contribution is -0.142. The summed E-state index contributed by atoms with van der Waals surface area (Å²) in [7, 11) is 0. The summed E-state index contributed by atoms with van der Waals surface area (Å²) in [6.07, 6.45) is 4.27. The highest BCUT2D eigenvalue weighted by atomic mass is 32.1. The Kier molecular flexibility index (Phi) is 7.39. The summed E-state index contributed by atoms with van der Waals surface area (Å²) in [4.78, 5) is 52.3. The Labute approximate surface area is 241 Å². The van der Waals surface area contributed by atoms with Gasteiger partial charge in [-0.05, 0) is 55.4 Å². The lowest BCUT2D eigenvalue weighted by Gasteiger charge is -2.43. The summed E-state index contributed by atoms with van der Waals surface area (Å²) >= 11 is 1.28. The van der Waals surface area contributed by atoms with Crippen molar-refractivity contribution in [3.63, 3.8) is 0 Å². The number of aliphatic hydroxyl groups is 1. The summed E-state index contributed by atoms with van der Waals surface area (Å²) in [6, 6.07) is 13.4. The van der Waals surface area contributed by atoms with Crippen LogP contribution in [0.25, 0.3) is 11.0 Å². The Morgan fingerprint density at radius 2 is 1.83 bits per heavy atom. The molecule has 2 saturated heterocycles. The van der Waals surface area contributed by atoms with Crippen LogP contribution in [0.5, 0.6) is 0 Å². The van der Waals surface area contributed by atoms with Gasteiger partial charge in [0, 0.05) is 49.6 Å². The average Bonchev–Trinajstić information content (AvgIpc) is 3.44. The molecule has 1 N–H and O–H groups in total. The number of benzene rings is 1. The first-order valence-corrected chi connectivity index (χ1v) is 14.7. The van der Waals surface area contributed by atoms with Gasteiger partial charge in [-0.15, -0.1) is 0 Å². The number of piperidine rings is 2. The zero-order valence-electron chi connectivity index (χ0n) is 22.8. The van der Waals surface area contributed by atoms with Crippen molar-refractivity contribution in [1.82, 2.24) is 28.7 Å². The van der Waals surface area contributed by atoms with Crippen molar-refractivity contribution >= 4 is 34.4 Å². The van der Waals surface area contributed by atoms with Gasteiger partial charge in [-0.25, -0.2) is 9.97 Å². The molecule has 2 amide bonds. The molecular formula is C30H32N6O4S. The molecule has 0 aliphatic carbocycles. The van der Waals surface area contributed by atoms with E-state index in [1.54, 1.807) is 23.7 Å². The van der Waals surface area contributed by atoms with Gasteiger partial charge in [-0.3, -0.25) is 19.0 Å². The Balaban J connectivity index is 1.15. The predicted octanol–water partition coefficient (Wildman–Crippen LogP) is 2.86. The number of hydrogen-bond donors (Lipinski definition) is 1. The molecule has 3 aromatic heterocycles. The van der Waals surface area contributed by atoms with Crippen LogP contribution in [0.15, 0.2) is 65.2 Å². The van der Waals surface area contributed by atoms with Crippen LogP contribution >= 0.6 is 11.5 Å². The Bertz CT molecular complexity index is 1630. The van der Waals surface area contributed by atoms with Gasteiger partial charge >= 0.3 is 0 Å². The van der Waals surface area contributed by atoms with Gasteiger partial charge in [0.2, 0.25) is 5.91 Å². The fourth-order valence-electron chi connectivity index (χ4n) is 6.09. The topological polar surface area (TPSA) is 122 Å². The molecule has 2 aliphatic rings. The molecular weight excluding hydrogens is 540 g/mol. The van der Waals surface area contributed by atoms with Gasteiger partial charge in [0.25, 0.3) is 11.5 Å². The van der Waals surface area contributed by atoms with Crippen LogP contribution in [-0.4, -0.2) is 77.4 Å². The molecule has 0 saturated carbocycles. The van der Waals surface area contributed by atoms with E-state index in [4.69, 9.17) is 0 Å². The van der Waals surface area contributed by atoms with Gasteiger partial charge in [-0.2, -0.15) is 4.37 Å². The van der Waals surface area contributed by atoms with E-state index in [1.165, 1.54) is 22.4 Å². The number of hydrogen-bond acceptors (Lipinski definition) is 8. The first-order valence-electron chi connectivity index (χ1n) is 13.9. The van der Waals surface area contributed by atoms with E-state index in [-0.39, 0.29) is 41.3 Å². The molecule has 11 heteroatoms. The molecule has 212 valence electrons. The number of carbonyl (C=O) groups excluding carboxylic acids is 2. The molecule has 2 fully saturated rings. The number of carbonyl (C=O) groups is 2. The smallest absolute Gasteiger partial charge is 0.279 e. The lowest BCUT2D eigenvalue weighted by atomic mass is 9.79. The third kappa shape index (κ3) is 5.39. The summed E-state index contributed by atoms with van der Waals surface area (Å²) in [5.41, 5.74) is 1.76. The van der Waals surface area contributed by atoms with E-state index in [0.29, 0.717) is 56.5 Å². The van der Waals surface area contributed by atoms with E-state index in [1.807, 2.05) is 47.1 Å². The number of likely N-dealkylation sites (tertiary alicyclic amines) is 2. The third-order valence-corrected chi connectivity index (χ3v) is 9.20. The SMILES string of the molecule is Cc1nscc1C(=O)N1CC[C@@H](C(=O)N2CCC(O)(Cn3cnc4cccnc4c3=O)CC2)[C@H](c2ccccc2)C1. The fraction of sp³-hybridized carbons (Fsp3) is 0.400. The van der Waals surface area contributed by atoms with Crippen LogP contribution < -0.4 is 5.56 Å². The lowest BCUT2D eigenvalue weighted by Crippen LogP contribution is -2.53. The molecule has 0 spiro atoms. The van der Waals surface area contributed by atoms with E-state index in [0.717, 1.165) is 11.3 Å². The number of amides is 2. The highest BCUT2D eigenvalue weighted by Gasteiger charge is 2.42. The zero-order chi connectivity index (χ0) is 28.6. The maximum atomic E-state index is 13.9. The Morgan fingerprint density at radius 1 is 1.05 bits per heavy atom. The van der Waals surface area contributed by atoms with E-state index < -0.39 is 5.60 Å². The minimum Gasteiger partial charge on any atom is -0.388 e. The summed E-state index contributed by atoms with van der Waals surface area (Å²) in [5.74, 6) is -0.397. The summed E-state index contributed by atoms with van der Waals surface area (Å²) in [6.45, 7) is 3.68. The average molecular weight is 573 g/mol. The minimum atomic E-state index is -1.13. The van der Waals surface area contributed by atoms with Crippen LogP contribution in [0.1, 0.15) is 46.8 Å². The molecule has 6 rings (SSSR count). The van der Waals surface area contributed by atoms with E-state index >= 15 is 0 Å². The second kappa shape index (κ2) is 11.1. The molecule has 10 nitrogen and oxygen atoms in total. The van der Waals surface area contributed by atoms with Crippen molar-refractivity contribution in [2.75, 3.05) is 26.2 Å². The Morgan fingerprint density at radius 3 is 2.56 bits per heavy atom. The van der Waals surface area contributed by atoms with Crippen LogP contribution in [0.3, 0.4) is 0 Å². The molecule has 41 heavy (non-hydrogen) atoms. The molecule has 0 radical (unpaired) electrons. The highest BCUT2D eigenvalue weighted by Crippen LogP contribution is 2.36. The van der Waals surface area contributed by atoms with Crippen LogP contribution in [0.4, 0.5) is 0 Å². The van der Waals surface area contributed by atoms with Crippen molar-refractivity contribution in [2.24, 2.45) is 5.92 Å². The quantitative estimate of drug-likeness (QED) is 0.390. The number of aryl methyl sites for hydroxylation is 1. The molecule has 2 atom stereocenters. The molecule has 0 bridgehead atoms. The number of nitrogens with zero attached hydrogens (tertiary/aromatic N) is 6. The highest BCUT2D eigenvalue weighted by molar-refractivity contribution is 7.03. The Hall–Kier alpha value is -3.96. The normalized spacial score (nSPS) is 20.7. The number of rotatable bonds is 5. The number of pyridine rings is 1. The van der Waals surface area contributed by atoms with Crippen LogP contribution in [0, 0.1) is 12.8 Å². The van der Waals surface area contributed by atoms with E-state index in [9.17, 15) is 19.5 Å². The van der Waals surface area contributed by atoms with Gasteiger partial charge in [0.1, 0.15) is 0 Å². The number of fused-ring (bicyclic) bond motifs is 1. The standard InChI is InChI=1S/C30H32N6O4S/c1-20-24(17-41-33-20)28(38)35-13-9-22(23(16-35)21-6-3-2-4-7-21)27(37)34-14-10-30(40,11-15-34)18-36-19-32-25-8-5-12-31-26(25)29(36)39/h2-8,12,17,19,22-23,40H,9-11,13-16,18H2,1H3/t22-,23+/m1/s1. The number of aromatic nitrogens is 4. The van der Waals surface area contributed by atoms with E-state index in [2.05, 4.69) is 14.3 Å². The third-order valence-electron chi connectivity index (χ3n) is 8.48. The van der Waals surface area contributed by atoms with Crippen molar-refractivity contribution < 1.29 is 14.7 Å². The largest absolute Gasteiger partial charge is 0.388 e. The molecule has 0 unspecified atom stereocenters. The maximum Gasteiger partial charge on any atom is 0.279 e. The van der Waals surface area contributed by atoms with Crippen molar-refractivity contribution in [3.05, 3.63) is 87.5 Å². The summed E-state index contributed by atoms with van der Waals surface area (Å²) in [5, 5.41) is 13.2. The van der Waals surface area contributed by atoms with Gasteiger partial charge in [0.15, 0.2) is 5.52 Å². The van der Waals surface area contributed by atoms with Crippen molar-refractivity contribution in [1.29, 1.82) is 0 Å².